The molecule has 2 heterocycles. The highest BCUT2D eigenvalue weighted by Gasteiger charge is 2.19. The van der Waals surface area contributed by atoms with E-state index in [1.54, 1.807) is 30.3 Å². The number of nitrogens with zero attached hydrogens (tertiary/aromatic N) is 3. The summed E-state index contributed by atoms with van der Waals surface area (Å²) in [5.41, 5.74) is 3.49. The minimum Gasteiger partial charge on any atom is -0.497 e. The number of ether oxygens (including phenoxy) is 1. The van der Waals surface area contributed by atoms with Crippen LogP contribution in [0, 0.1) is 5.92 Å². The molecule has 0 spiro atoms. The predicted molar refractivity (Wildman–Crippen MR) is 106 cm³/mol. The molecule has 3 aromatic rings. The Morgan fingerprint density at radius 1 is 1.04 bits per heavy atom. The molecule has 2 aromatic heterocycles. The summed E-state index contributed by atoms with van der Waals surface area (Å²) in [6.07, 6.45) is 8.32. The normalized spacial score (nSPS) is 14.4. The van der Waals surface area contributed by atoms with E-state index in [-0.39, 0.29) is 5.56 Å². The molecule has 5 heteroatoms. The van der Waals surface area contributed by atoms with E-state index < -0.39 is 0 Å². The fourth-order valence-electron chi connectivity index (χ4n) is 3.77. The van der Waals surface area contributed by atoms with Gasteiger partial charge in [0.1, 0.15) is 5.75 Å². The summed E-state index contributed by atoms with van der Waals surface area (Å²) in [7, 11) is 1.65. The Bertz CT molecular complexity index is 959. The minimum atomic E-state index is -0.0500. The largest absolute Gasteiger partial charge is 0.497 e. The molecule has 0 bridgehead atoms. The lowest BCUT2D eigenvalue weighted by molar-refractivity contribution is 0.414. The Hall–Kier alpha value is -2.95. The van der Waals surface area contributed by atoms with Gasteiger partial charge in [-0.25, -0.2) is 4.68 Å². The molecule has 4 rings (SSSR count). The van der Waals surface area contributed by atoms with Crippen molar-refractivity contribution in [1.82, 2.24) is 14.8 Å². The second kappa shape index (κ2) is 7.74. The maximum atomic E-state index is 12.7. The summed E-state index contributed by atoms with van der Waals surface area (Å²) in [4.78, 5) is 16.8. The number of pyridine rings is 1. The van der Waals surface area contributed by atoms with Gasteiger partial charge in [0.05, 0.1) is 12.8 Å². The number of methoxy groups -OCH3 is 1. The van der Waals surface area contributed by atoms with Crippen LogP contribution in [0.5, 0.6) is 5.75 Å². The van der Waals surface area contributed by atoms with Gasteiger partial charge in [0.25, 0.3) is 5.56 Å². The summed E-state index contributed by atoms with van der Waals surface area (Å²) >= 11 is 0. The molecule has 0 aliphatic heterocycles. The van der Waals surface area contributed by atoms with Gasteiger partial charge in [-0.15, -0.1) is 0 Å². The van der Waals surface area contributed by atoms with Crippen LogP contribution >= 0.6 is 0 Å². The molecule has 1 saturated carbocycles. The molecule has 1 aromatic carbocycles. The Labute approximate surface area is 158 Å². The van der Waals surface area contributed by atoms with Gasteiger partial charge in [-0.2, -0.15) is 5.10 Å². The average molecular weight is 361 g/mol. The predicted octanol–water partition coefficient (Wildman–Crippen LogP) is 4.17. The van der Waals surface area contributed by atoms with Crippen LogP contribution in [0.15, 0.2) is 59.7 Å². The fourth-order valence-corrected chi connectivity index (χ4v) is 3.77. The lowest BCUT2D eigenvalue weighted by atomic mass is 10.0. The van der Waals surface area contributed by atoms with E-state index in [0.29, 0.717) is 12.5 Å². The summed E-state index contributed by atoms with van der Waals surface area (Å²) in [6.45, 7) is 0.693. The molecule has 1 aliphatic rings. The Morgan fingerprint density at radius 3 is 2.41 bits per heavy atom. The van der Waals surface area contributed by atoms with Crippen molar-refractivity contribution in [1.29, 1.82) is 0 Å². The molecule has 1 fully saturated rings. The number of rotatable bonds is 5. The molecule has 27 heavy (non-hydrogen) atoms. The van der Waals surface area contributed by atoms with Crippen LogP contribution in [0.25, 0.3) is 22.4 Å². The van der Waals surface area contributed by atoms with E-state index in [9.17, 15) is 4.79 Å². The highest BCUT2D eigenvalue weighted by Crippen LogP contribution is 2.31. The first-order valence-corrected chi connectivity index (χ1v) is 9.41. The zero-order valence-corrected chi connectivity index (χ0v) is 15.5. The highest BCUT2D eigenvalue weighted by molar-refractivity contribution is 5.80. The molecular formula is C22H23N3O2. The standard InChI is InChI=1S/C22H23N3O2/c1-27-19-8-6-18(7-9-19)22-20(17-10-12-23-13-11-17)14-21(26)25(24-22)15-16-4-2-3-5-16/h6-14,16H,2-5,15H2,1H3. The monoisotopic (exact) mass is 361 g/mol. The van der Waals surface area contributed by atoms with Crippen LogP contribution in [0.3, 0.4) is 0 Å². The van der Waals surface area contributed by atoms with Gasteiger partial charge >= 0.3 is 0 Å². The second-order valence-electron chi connectivity index (χ2n) is 7.04. The van der Waals surface area contributed by atoms with E-state index in [2.05, 4.69) is 4.98 Å². The van der Waals surface area contributed by atoms with Crippen molar-refractivity contribution < 1.29 is 4.74 Å². The van der Waals surface area contributed by atoms with Crippen LogP contribution in [0.1, 0.15) is 25.7 Å². The van der Waals surface area contributed by atoms with Crippen molar-refractivity contribution in [2.24, 2.45) is 5.92 Å². The molecule has 1 aliphatic carbocycles. The van der Waals surface area contributed by atoms with Gasteiger partial charge < -0.3 is 4.74 Å². The van der Waals surface area contributed by atoms with E-state index in [1.165, 1.54) is 25.7 Å². The number of aromatic nitrogens is 3. The molecule has 0 N–H and O–H groups in total. The van der Waals surface area contributed by atoms with Crippen LogP contribution in [0.2, 0.25) is 0 Å². The van der Waals surface area contributed by atoms with Crippen molar-refractivity contribution in [3.63, 3.8) is 0 Å². The highest BCUT2D eigenvalue weighted by atomic mass is 16.5. The topological polar surface area (TPSA) is 57.0 Å². The summed E-state index contributed by atoms with van der Waals surface area (Å²) in [6, 6.07) is 13.3. The fraction of sp³-hybridized carbons (Fsp3) is 0.318. The SMILES string of the molecule is COc1ccc(-c2nn(CC3CCCC3)c(=O)cc2-c2ccncc2)cc1. The first kappa shape index (κ1) is 17.5. The van der Waals surface area contributed by atoms with Gasteiger partial charge in [0, 0.05) is 36.1 Å². The number of hydrogen-bond acceptors (Lipinski definition) is 4. The Morgan fingerprint density at radius 2 is 1.74 bits per heavy atom. The smallest absolute Gasteiger partial charge is 0.267 e. The van der Waals surface area contributed by atoms with E-state index in [0.717, 1.165) is 28.1 Å². The Kier molecular flexibility index (Phi) is 5.01. The molecule has 0 atom stereocenters. The second-order valence-corrected chi connectivity index (χ2v) is 7.04. The lowest BCUT2D eigenvalue weighted by Crippen LogP contribution is -2.26. The van der Waals surface area contributed by atoms with E-state index in [4.69, 9.17) is 9.84 Å². The Balaban J connectivity index is 1.82. The van der Waals surface area contributed by atoms with Crippen molar-refractivity contribution in [2.75, 3.05) is 7.11 Å². The zero-order chi connectivity index (χ0) is 18.6. The van der Waals surface area contributed by atoms with Gasteiger partial charge in [0.2, 0.25) is 0 Å². The molecule has 138 valence electrons. The zero-order valence-electron chi connectivity index (χ0n) is 15.5. The molecule has 0 radical (unpaired) electrons. The summed E-state index contributed by atoms with van der Waals surface area (Å²) in [5.74, 6) is 1.34. The van der Waals surface area contributed by atoms with Crippen LogP contribution in [-0.2, 0) is 6.54 Å². The maximum Gasteiger partial charge on any atom is 0.267 e. The van der Waals surface area contributed by atoms with Crippen LogP contribution < -0.4 is 10.3 Å². The van der Waals surface area contributed by atoms with E-state index >= 15 is 0 Å². The molecule has 0 unspecified atom stereocenters. The summed E-state index contributed by atoms with van der Waals surface area (Å²) < 4.78 is 6.91. The van der Waals surface area contributed by atoms with Gasteiger partial charge in [-0.3, -0.25) is 9.78 Å². The first-order chi connectivity index (χ1) is 13.2. The quantitative estimate of drug-likeness (QED) is 0.684. The van der Waals surface area contributed by atoms with Crippen LogP contribution in [0.4, 0.5) is 0 Å². The lowest BCUT2D eigenvalue weighted by Gasteiger charge is -2.15. The summed E-state index contributed by atoms with van der Waals surface area (Å²) in [5, 5.41) is 4.78. The average Bonchev–Trinajstić information content (AvgIpc) is 3.23. The van der Waals surface area contributed by atoms with Gasteiger partial charge in [0.15, 0.2) is 0 Å². The first-order valence-electron chi connectivity index (χ1n) is 9.41. The number of hydrogen-bond donors (Lipinski definition) is 0. The van der Waals surface area contributed by atoms with E-state index in [1.807, 2.05) is 36.4 Å². The third kappa shape index (κ3) is 3.77. The molecule has 0 amide bonds. The molecular weight excluding hydrogens is 338 g/mol. The third-order valence-corrected chi connectivity index (χ3v) is 5.26. The van der Waals surface area contributed by atoms with Gasteiger partial charge in [-0.1, -0.05) is 12.8 Å². The third-order valence-electron chi connectivity index (χ3n) is 5.26. The minimum absolute atomic E-state index is 0.0500. The molecule has 0 saturated heterocycles. The van der Waals surface area contributed by atoms with Crippen LogP contribution in [-0.4, -0.2) is 21.9 Å². The van der Waals surface area contributed by atoms with Crippen molar-refractivity contribution >= 4 is 0 Å². The molecule has 5 nitrogen and oxygen atoms in total. The van der Waals surface area contributed by atoms with Crippen molar-refractivity contribution in [3.8, 4) is 28.1 Å². The van der Waals surface area contributed by atoms with Crippen molar-refractivity contribution in [3.05, 3.63) is 65.2 Å². The van der Waals surface area contributed by atoms with Gasteiger partial charge in [-0.05, 0) is 60.7 Å². The maximum absolute atomic E-state index is 12.7. The van der Waals surface area contributed by atoms with Crippen molar-refractivity contribution in [2.45, 2.75) is 32.2 Å². The number of benzene rings is 1.